The second-order valence-corrected chi connectivity index (χ2v) is 9.01. The molecule has 0 aliphatic heterocycles. The third-order valence-electron chi connectivity index (χ3n) is 3.78. The molecule has 0 saturated heterocycles. The maximum absolute atomic E-state index is 12.3. The molecule has 2 aromatic rings. The lowest BCUT2D eigenvalue weighted by atomic mass is 10.0. The Balaban J connectivity index is 2.01. The first kappa shape index (κ1) is 19.7. The number of amides is 1. The van der Waals surface area contributed by atoms with Crippen LogP contribution in [0.3, 0.4) is 0 Å². The molecule has 2 aromatic carbocycles. The number of sulfonamides is 1. The minimum atomic E-state index is -3.55. The van der Waals surface area contributed by atoms with Crippen molar-refractivity contribution in [2.24, 2.45) is 0 Å². The van der Waals surface area contributed by atoms with Crippen LogP contribution in [0.15, 0.2) is 54.6 Å². The number of nitrogens with zero attached hydrogens (tertiary/aromatic N) is 1. The Hall–Kier alpha value is -1.61. The van der Waals surface area contributed by atoms with Crippen LogP contribution in [0.25, 0.3) is 0 Å². The van der Waals surface area contributed by atoms with Gasteiger partial charge in [-0.05, 0) is 58.3 Å². The molecule has 1 amide bonds. The van der Waals surface area contributed by atoms with Gasteiger partial charge in [0.15, 0.2) is 0 Å². The minimum Gasteiger partial charge on any atom is -0.354 e. The first-order valence-electron chi connectivity index (χ1n) is 7.82. The van der Waals surface area contributed by atoms with E-state index in [0.717, 1.165) is 19.7 Å². The van der Waals surface area contributed by atoms with E-state index in [4.69, 9.17) is 0 Å². The molecule has 0 aromatic heterocycles. The third kappa shape index (κ3) is 6.00. The van der Waals surface area contributed by atoms with Crippen molar-refractivity contribution in [3.05, 3.63) is 63.7 Å². The topological polar surface area (TPSA) is 66.5 Å². The monoisotopic (exact) mass is 472 g/mol. The molecule has 1 N–H and O–H groups in total. The van der Waals surface area contributed by atoms with Gasteiger partial charge in [0.25, 0.3) is 0 Å². The first-order chi connectivity index (χ1) is 11.8. The van der Waals surface area contributed by atoms with E-state index in [1.807, 2.05) is 49.4 Å². The van der Waals surface area contributed by atoms with Gasteiger partial charge in [-0.25, -0.2) is 8.42 Å². The molecule has 0 fully saturated rings. The van der Waals surface area contributed by atoms with Gasteiger partial charge in [-0.1, -0.05) is 37.3 Å². The van der Waals surface area contributed by atoms with Crippen molar-refractivity contribution in [3.8, 4) is 0 Å². The zero-order valence-corrected chi connectivity index (χ0v) is 17.1. The number of anilines is 1. The van der Waals surface area contributed by atoms with E-state index in [9.17, 15) is 13.2 Å². The quantitative estimate of drug-likeness (QED) is 0.631. The lowest BCUT2D eigenvalue weighted by molar-refractivity contribution is -0.119. The Kier molecular flexibility index (Phi) is 6.83. The van der Waals surface area contributed by atoms with Crippen molar-refractivity contribution in [1.82, 2.24) is 5.32 Å². The molecule has 0 bridgehead atoms. The van der Waals surface area contributed by atoms with Gasteiger partial charge in [0.1, 0.15) is 6.54 Å². The number of halogens is 1. The summed E-state index contributed by atoms with van der Waals surface area (Å²) in [6, 6.07) is 16.9. The molecule has 5 nitrogen and oxygen atoms in total. The van der Waals surface area contributed by atoms with E-state index in [1.165, 1.54) is 0 Å². The predicted octanol–water partition coefficient (Wildman–Crippen LogP) is 2.98. The molecule has 7 heteroatoms. The molecular weight excluding hydrogens is 451 g/mol. The van der Waals surface area contributed by atoms with Gasteiger partial charge >= 0.3 is 0 Å². The van der Waals surface area contributed by atoms with Crippen molar-refractivity contribution < 1.29 is 13.2 Å². The fourth-order valence-corrected chi connectivity index (χ4v) is 3.58. The number of rotatable bonds is 7. The standard InChI is InChI=1S/C18H21IN2O3S/c1-14(15-6-4-3-5-7-15)12-20-18(22)13-21(25(2,23)24)17-10-8-16(19)9-11-17/h3-11,14H,12-13H2,1-2H3,(H,20,22)/t14-/m0/s1. The molecule has 0 saturated carbocycles. The van der Waals surface area contributed by atoms with Crippen LogP contribution in [-0.4, -0.2) is 33.7 Å². The Labute approximate surface area is 162 Å². The Morgan fingerprint density at radius 1 is 1.12 bits per heavy atom. The summed E-state index contributed by atoms with van der Waals surface area (Å²) in [6.45, 7) is 2.23. The average Bonchev–Trinajstić information content (AvgIpc) is 2.58. The molecule has 134 valence electrons. The Morgan fingerprint density at radius 3 is 2.28 bits per heavy atom. The summed E-state index contributed by atoms with van der Waals surface area (Å²) >= 11 is 2.15. The summed E-state index contributed by atoms with van der Waals surface area (Å²) in [4.78, 5) is 12.3. The smallest absolute Gasteiger partial charge is 0.240 e. The van der Waals surface area contributed by atoms with Crippen LogP contribution in [0.1, 0.15) is 18.4 Å². The summed E-state index contributed by atoms with van der Waals surface area (Å²) in [5.74, 6) is -0.179. The van der Waals surface area contributed by atoms with E-state index >= 15 is 0 Å². The van der Waals surface area contributed by atoms with Gasteiger partial charge in [0.2, 0.25) is 15.9 Å². The fourth-order valence-electron chi connectivity index (χ4n) is 2.36. The van der Waals surface area contributed by atoms with E-state index in [-0.39, 0.29) is 18.4 Å². The van der Waals surface area contributed by atoms with Crippen molar-refractivity contribution in [3.63, 3.8) is 0 Å². The van der Waals surface area contributed by atoms with Crippen LogP contribution in [0.2, 0.25) is 0 Å². The summed E-state index contributed by atoms with van der Waals surface area (Å²) in [5, 5.41) is 2.82. The highest BCUT2D eigenvalue weighted by Crippen LogP contribution is 2.19. The highest BCUT2D eigenvalue weighted by molar-refractivity contribution is 14.1. The third-order valence-corrected chi connectivity index (χ3v) is 5.64. The van der Waals surface area contributed by atoms with Crippen LogP contribution in [0.5, 0.6) is 0 Å². The van der Waals surface area contributed by atoms with Crippen molar-refractivity contribution in [1.29, 1.82) is 0 Å². The molecule has 0 radical (unpaired) electrons. The number of benzene rings is 2. The number of carbonyl (C=O) groups excluding carboxylic acids is 1. The summed E-state index contributed by atoms with van der Waals surface area (Å²) in [7, 11) is -3.55. The fraction of sp³-hybridized carbons (Fsp3) is 0.278. The van der Waals surface area contributed by atoms with Crippen molar-refractivity contribution >= 4 is 44.2 Å². The molecule has 0 heterocycles. The van der Waals surface area contributed by atoms with Gasteiger partial charge < -0.3 is 5.32 Å². The average molecular weight is 472 g/mol. The highest BCUT2D eigenvalue weighted by Gasteiger charge is 2.21. The van der Waals surface area contributed by atoms with Crippen molar-refractivity contribution in [2.75, 3.05) is 23.7 Å². The molecule has 1 atom stereocenters. The molecule has 2 rings (SSSR count). The number of hydrogen-bond donors (Lipinski definition) is 1. The van der Waals surface area contributed by atoms with E-state index in [2.05, 4.69) is 27.9 Å². The first-order valence-corrected chi connectivity index (χ1v) is 10.7. The second kappa shape index (κ2) is 8.66. The summed E-state index contributed by atoms with van der Waals surface area (Å²) in [5.41, 5.74) is 1.61. The van der Waals surface area contributed by atoms with Gasteiger partial charge in [0, 0.05) is 10.1 Å². The molecule has 0 aliphatic carbocycles. The summed E-state index contributed by atoms with van der Waals surface area (Å²) in [6.07, 6.45) is 1.10. The van der Waals surface area contributed by atoms with E-state index < -0.39 is 10.0 Å². The number of hydrogen-bond acceptors (Lipinski definition) is 3. The van der Waals surface area contributed by atoms with Gasteiger partial charge in [-0.15, -0.1) is 0 Å². The largest absolute Gasteiger partial charge is 0.354 e. The number of carbonyl (C=O) groups is 1. The highest BCUT2D eigenvalue weighted by atomic mass is 127. The molecule has 25 heavy (non-hydrogen) atoms. The molecular formula is C18H21IN2O3S. The van der Waals surface area contributed by atoms with Crippen molar-refractivity contribution in [2.45, 2.75) is 12.8 Å². The van der Waals surface area contributed by atoms with Gasteiger partial charge in [-0.3, -0.25) is 9.10 Å². The number of nitrogens with one attached hydrogen (secondary N) is 1. The maximum atomic E-state index is 12.3. The van der Waals surface area contributed by atoms with Gasteiger partial charge in [-0.2, -0.15) is 0 Å². The minimum absolute atomic E-state index is 0.148. The lowest BCUT2D eigenvalue weighted by Crippen LogP contribution is -2.41. The van der Waals surface area contributed by atoms with Gasteiger partial charge in [0.05, 0.1) is 11.9 Å². The van der Waals surface area contributed by atoms with Crippen LogP contribution in [-0.2, 0) is 14.8 Å². The predicted molar refractivity (Wildman–Crippen MR) is 109 cm³/mol. The molecule has 0 spiro atoms. The van der Waals surface area contributed by atoms with Crippen LogP contribution in [0, 0.1) is 3.57 Å². The zero-order valence-electron chi connectivity index (χ0n) is 14.1. The SMILES string of the molecule is C[C@@H](CNC(=O)CN(c1ccc(I)cc1)S(C)(=O)=O)c1ccccc1. The van der Waals surface area contributed by atoms with E-state index in [0.29, 0.717) is 12.2 Å². The lowest BCUT2D eigenvalue weighted by Gasteiger charge is -2.22. The molecule has 0 unspecified atom stereocenters. The Bertz CT molecular complexity index is 808. The zero-order chi connectivity index (χ0) is 18.4. The summed E-state index contributed by atoms with van der Waals surface area (Å²) < 4.78 is 26.2. The molecule has 0 aliphatic rings. The van der Waals surface area contributed by atoms with Crippen LogP contribution >= 0.6 is 22.6 Å². The maximum Gasteiger partial charge on any atom is 0.240 e. The van der Waals surface area contributed by atoms with E-state index in [1.54, 1.807) is 12.1 Å². The normalized spacial score (nSPS) is 12.4. The second-order valence-electron chi connectivity index (χ2n) is 5.86. The Morgan fingerprint density at radius 2 is 1.72 bits per heavy atom. The van der Waals surface area contributed by atoms with Crippen LogP contribution in [0.4, 0.5) is 5.69 Å². The van der Waals surface area contributed by atoms with Crippen LogP contribution < -0.4 is 9.62 Å².